The van der Waals surface area contributed by atoms with Gasteiger partial charge in [0.2, 0.25) is 0 Å². The normalized spacial score (nSPS) is 11.6. The number of alkyl halides is 1. The Labute approximate surface area is 132 Å². The van der Waals surface area contributed by atoms with Crippen LogP contribution in [0.25, 0.3) is 0 Å². The second-order valence-corrected chi connectivity index (χ2v) is 5.54. The van der Waals surface area contributed by atoms with E-state index in [0.29, 0.717) is 12.8 Å². The first-order valence-electron chi connectivity index (χ1n) is 7.41. The standard InChI is InChI=1S/C17H24ClNO2/c1-4-7-13-21-14-19(15-11-9-8-10-12-15)16(20)17(18,5-2)6-3/h7-13H,4-6,14H2,1-3H3/b13-7-. The molecule has 116 valence electrons. The van der Waals surface area contributed by atoms with Crippen LogP contribution in [0.3, 0.4) is 0 Å². The number of hydrogen-bond donors (Lipinski definition) is 0. The Morgan fingerprint density at radius 2 is 1.86 bits per heavy atom. The van der Waals surface area contributed by atoms with Gasteiger partial charge in [0.05, 0.1) is 6.26 Å². The van der Waals surface area contributed by atoms with E-state index < -0.39 is 4.87 Å². The average molecular weight is 310 g/mol. The van der Waals surface area contributed by atoms with Crippen molar-refractivity contribution in [3.63, 3.8) is 0 Å². The number of allylic oxidation sites excluding steroid dienone is 1. The lowest BCUT2D eigenvalue weighted by Crippen LogP contribution is -2.45. The van der Waals surface area contributed by atoms with Gasteiger partial charge in [-0.3, -0.25) is 9.69 Å². The predicted octanol–water partition coefficient (Wildman–Crippen LogP) is 4.72. The van der Waals surface area contributed by atoms with E-state index in [0.717, 1.165) is 12.1 Å². The number of para-hydroxylation sites is 1. The molecule has 0 N–H and O–H groups in total. The third-order valence-electron chi connectivity index (χ3n) is 3.45. The molecule has 0 aliphatic carbocycles. The SMILES string of the molecule is CC/C=C\OCN(C(=O)C(Cl)(CC)CC)c1ccccc1. The Kier molecular flexibility index (Phi) is 7.30. The van der Waals surface area contributed by atoms with Crippen molar-refractivity contribution in [2.24, 2.45) is 0 Å². The van der Waals surface area contributed by atoms with Gasteiger partial charge in [-0.15, -0.1) is 11.6 Å². The molecule has 0 saturated carbocycles. The lowest BCUT2D eigenvalue weighted by molar-refractivity contribution is -0.122. The van der Waals surface area contributed by atoms with E-state index in [-0.39, 0.29) is 12.6 Å². The molecule has 0 saturated heterocycles. The van der Waals surface area contributed by atoms with Crippen LogP contribution in [0.2, 0.25) is 0 Å². The largest absolute Gasteiger partial charge is 0.481 e. The summed E-state index contributed by atoms with van der Waals surface area (Å²) < 4.78 is 5.46. The van der Waals surface area contributed by atoms with Crippen LogP contribution in [0, 0.1) is 0 Å². The van der Waals surface area contributed by atoms with Crippen LogP contribution >= 0.6 is 11.6 Å². The van der Waals surface area contributed by atoms with Crippen molar-refractivity contribution in [2.45, 2.75) is 44.9 Å². The van der Waals surface area contributed by atoms with Gasteiger partial charge in [-0.05, 0) is 31.4 Å². The maximum atomic E-state index is 12.8. The summed E-state index contributed by atoms with van der Waals surface area (Å²) in [5, 5.41) is 0. The van der Waals surface area contributed by atoms with Gasteiger partial charge in [-0.25, -0.2) is 0 Å². The molecule has 1 rings (SSSR count). The molecule has 1 amide bonds. The fraction of sp³-hybridized carbons (Fsp3) is 0.471. The smallest absolute Gasteiger partial charge is 0.250 e. The molecule has 0 heterocycles. The number of carbonyl (C=O) groups is 1. The van der Waals surface area contributed by atoms with Crippen LogP contribution in [0.15, 0.2) is 42.7 Å². The number of amides is 1. The Balaban J connectivity index is 2.96. The molecule has 1 aromatic carbocycles. The molecule has 0 aliphatic heterocycles. The van der Waals surface area contributed by atoms with E-state index in [4.69, 9.17) is 16.3 Å². The quantitative estimate of drug-likeness (QED) is 0.395. The van der Waals surface area contributed by atoms with Gasteiger partial charge in [0.15, 0.2) is 6.73 Å². The summed E-state index contributed by atoms with van der Waals surface area (Å²) in [5.74, 6) is -0.120. The maximum Gasteiger partial charge on any atom is 0.250 e. The van der Waals surface area contributed by atoms with Crippen molar-refractivity contribution < 1.29 is 9.53 Å². The Morgan fingerprint density at radius 1 is 1.24 bits per heavy atom. The van der Waals surface area contributed by atoms with E-state index in [1.54, 1.807) is 11.2 Å². The molecule has 4 heteroatoms. The van der Waals surface area contributed by atoms with Gasteiger partial charge in [-0.2, -0.15) is 0 Å². The van der Waals surface area contributed by atoms with Crippen LogP contribution in [0.4, 0.5) is 5.69 Å². The van der Waals surface area contributed by atoms with Crippen molar-refractivity contribution >= 4 is 23.2 Å². The summed E-state index contributed by atoms with van der Waals surface area (Å²) in [7, 11) is 0. The molecule has 0 radical (unpaired) electrons. The number of carbonyl (C=O) groups excluding carboxylic acids is 1. The molecular formula is C17H24ClNO2. The Bertz CT molecular complexity index is 455. The summed E-state index contributed by atoms with van der Waals surface area (Å²) >= 11 is 6.48. The van der Waals surface area contributed by atoms with Gasteiger partial charge in [0.1, 0.15) is 4.87 Å². The first-order valence-corrected chi connectivity index (χ1v) is 7.79. The summed E-state index contributed by atoms with van der Waals surface area (Å²) in [5.41, 5.74) is 0.791. The second-order valence-electron chi connectivity index (χ2n) is 4.82. The highest BCUT2D eigenvalue weighted by atomic mass is 35.5. The second kappa shape index (κ2) is 8.73. The van der Waals surface area contributed by atoms with Crippen LogP contribution in [0.5, 0.6) is 0 Å². The molecule has 0 unspecified atom stereocenters. The van der Waals surface area contributed by atoms with Crippen molar-refractivity contribution in [1.29, 1.82) is 0 Å². The molecular weight excluding hydrogens is 286 g/mol. The number of halogens is 1. The van der Waals surface area contributed by atoms with Crippen molar-refractivity contribution in [3.05, 3.63) is 42.7 Å². The molecule has 1 aromatic rings. The van der Waals surface area contributed by atoms with E-state index in [9.17, 15) is 4.79 Å². The van der Waals surface area contributed by atoms with Gasteiger partial charge in [0, 0.05) is 5.69 Å². The minimum absolute atomic E-state index is 0.120. The summed E-state index contributed by atoms with van der Waals surface area (Å²) in [6.07, 6.45) is 5.58. The van der Waals surface area contributed by atoms with E-state index >= 15 is 0 Å². The van der Waals surface area contributed by atoms with Gasteiger partial charge in [-0.1, -0.05) is 45.0 Å². The minimum Gasteiger partial charge on any atom is -0.481 e. The third-order valence-corrected chi connectivity index (χ3v) is 4.15. The highest BCUT2D eigenvalue weighted by Crippen LogP contribution is 2.29. The van der Waals surface area contributed by atoms with Gasteiger partial charge < -0.3 is 4.74 Å². The number of anilines is 1. The molecule has 0 aromatic heterocycles. The molecule has 0 spiro atoms. The highest BCUT2D eigenvalue weighted by Gasteiger charge is 2.36. The molecule has 0 atom stereocenters. The van der Waals surface area contributed by atoms with Crippen molar-refractivity contribution in [1.82, 2.24) is 0 Å². The van der Waals surface area contributed by atoms with Crippen LogP contribution in [0.1, 0.15) is 40.0 Å². The van der Waals surface area contributed by atoms with Crippen molar-refractivity contribution in [2.75, 3.05) is 11.6 Å². The van der Waals surface area contributed by atoms with E-state index in [2.05, 4.69) is 0 Å². The fourth-order valence-corrected chi connectivity index (χ4v) is 2.04. The van der Waals surface area contributed by atoms with Crippen LogP contribution < -0.4 is 4.90 Å². The van der Waals surface area contributed by atoms with Crippen LogP contribution in [-0.4, -0.2) is 17.5 Å². The fourth-order valence-electron chi connectivity index (χ4n) is 1.93. The molecule has 21 heavy (non-hydrogen) atoms. The number of hydrogen-bond acceptors (Lipinski definition) is 2. The first kappa shape index (κ1) is 17.6. The molecule has 0 aliphatic rings. The highest BCUT2D eigenvalue weighted by molar-refractivity contribution is 6.36. The number of ether oxygens (including phenoxy) is 1. The van der Waals surface area contributed by atoms with Crippen molar-refractivity contribution in [3.8, 4) is 0 Å². The Hall–Kier alpha value is -1.48. The minimum atomic E-state index is -0.881. The zero-order chi connectivity index (χ0) is 15.7. The molecule has 0 bridgehead atoms. The average Bonchev–Trinajstić information content (AvgIpc) is 2.54. The molecule has 3 nitrogen and oxygen atoms in total. The summed E-state index contributed by atoms with van der Waals surface area (Å²) in [6, 6.07) is 9.47. The zero-order valence-corrected chi connectivity index (χ0v) is 13.8. The van der Waals surface area contributed by atoms with E-state index in [1.165, 1.54) is 0 Å². The summed E-state index contributed by atoms with van der Waals surface area (Å²) in [6.45, 7) is 6.04. The maximum absolute atomic E-state index is 12.8. The number of benzene rings is 1. The first-order chi connectivity index (χ1) is 10.1. The number of rotatable bonds is 8. The topological polar surface area (TPSA) is 29.5 Å². The Morgan fingerprint density at radius 3 is 2.38 bits per heavy atom. The lowest BCUT2D eigenvalue weighted by Gasteiger charge is -2.31. The number of nitrogens with zero attached hydrogens (tertiary/aromatic N) is 1. The zero-order valence-electron chi connectivity index (χ0n) is 13.0. The predicted molar refractivity (Wildman–Crippen MR) is 88.5 cm³/mol. The van der Waals surface area contributed by atoms with Crippen LogP contribution in [-0.2, 0) is 9.53 Å². The summed E-state index contributed by atoms with van der Waals surface area (Å²) in [4.78, 5) is 13.5. The lowest BCUT2D eigenvalue weighted by atomic mass is 10.0. The third kappa shape index (κ3) is 4.78. The monoisotopic (exact) mass is 309 g/mol. The van der Waals surface area contributed by atoms with Gasteiger partial charge in [0.25, 0.3) is 5.91 Å². The van der Waals surface area contributed by atoms with Gasteiger partial charge >= 0.3 is 0 Å². The molecule has 0 fully saturated rings. The van der Waals surface area contributed by atoms with E-state index in [1.807, 2.05) is 57.2 Å².